The molecule has 0 bridgehead atoms. The molecule has 0 saturated heterocycles. The summed E-state index contributed by atoms with van der Waals surface area (Å²) in [6.07, 6.45) is 4.10. The molecule has 0 aliphatic heterocycles. The first-order valence-electron chi connectivity index (χ1n) is 7.36. The Morgan fingerprint density at radius 3 is 2.48 bits per heavy atom. The van der Waals surface area contributed by atoms with Gasteiger partial charge in [0.1, 0.15) is 5.75 Å². The van der Waals surface area contributed by atoms with E-state index in [9.17, 15) is 4.79 Å². The zero-order valence-corrected chi connectivity index (χ0v) is 13.3. The van der Waals surface area contributed by atoms with Gasteiger partial charge >= 0.3 is 0 Å². The zero-order chi connectivity index (χ0) is 16.5. The third-order valence-corrected chi connectivity index (χ3v) is 3.20. The van der Waals surface area contributed by atoms with Gasteiger partial charge in [-0.1, -0.05) is 48.5 Å². The molecule has 0 aromatic heterocycles. The van der Waals surface area contributed by atoms with Crippen molar-refractivity contribution in [1.82, 2.24) is 5.43 Å². The van der Waals surface area contributed by atoms with E-state index in [-0.39, 0.29) is 12.3 Å². The third-order valence-electron chi connectivity index (χ3n) is 3.20. The van der Waals surface area contributed by atoms with Crippen LogP contribution in [-0.2, 0) is 11.2 Å². The van der Waals surface area contributed by atoms with Crippen LogP contribution in [0.25, 0.3) is 6.08 Å². The van der Waals surface area contributed by atoms with Gasteiger partial charge in [0.25, 0.3) is 0 Å². The number of amides is 1. The standard InChI is InChI=1S/C19H20N2O2/c1-15(8-9-16-6-4-3-5-7-16)20-21-19(22)14-17-10-12-18(23-2)13-11-17/h3-13H,14H2,1-2H3,(H,21,22)/b9-8-,20-15-. The minimum atomic E-state index is -0.150. The Morgan fingerprint density at radius 1 is 1.13 bits per heavy atom. The van der Waals surface area contributed by atoms with Gasteiger partial charge in [-0.25, -0.2) is 5.43 Å². The van der Waals surface area contributed by atoms with Gasteiger partial charge in [0.05, 0.1) is 19.2 Å². The van der Waals surface area contributed by atoms with Crippen molar-refractivity contribution < 1.29 is 9.53 Å². The van der Waals surface area contributed by atoms with Crippen LogP contribution in [0.3, 0.4) is 0 Å². The van der Waals surface area contributed by atoms with E-state index < -0.39 is 0 Å². The summed E-state index contributed by atoms with van der Waals surface area (Å²) in [5, 5.41) is 4.07. The molecule has 0 aliphatic carbocycles. The number of nitrogens with one attached hydrogen (secondary N) is 1. The Morgan fingerprint density at radius 2 is 1.83 bits per heavy atom. The fraction of sp³-hybridized carbons (Fsp3) is 0.158. The fourth-order valence-corrected chi connectivity index (χ4v) is 1.94. The highest BCUT2D eigenvalue weighted by Gasteiger charge is 2.02. The molecule has 0 unspecified atom stereocenters. The van der Waals surface area contributed by atoms with E-state index in [4.69, 9.17) is 4.74 Å². The first-order chi connectivity index (χ1) is 11.2. The van der Waals surface area contributed by atoms with Crippen LogP contribution in [0.15, 0.2) is 65.8 Å². The summed E-state index contributed by atoms with van der Waals surface area (Å²) in [5.74, 6) is 0.622. The number of nitrogens with zero attached hydrogens (tertiary/aromatic N) is 1. The molecule has 4 heteroatoms. The first kappa shape index (κ1) is 16.5. The number of allylic oxidation sites excluding steroid dienone is 1. The van der Waals surface area contributed by atoms with Gasteiger partial charge < -0.3 is 4.74 Å². The van der Waals surface area contributed by atoms with Crippen LogP contribution in [0.1, 0.15) is 18.1 Å². The highest BCUT2D eigenvalue weighted by Crippen LogP contribution is 2.11. The van der Waals surface area contributed by atoms with Gasteiger partial charge in [-0.15, -0.1) is 0 Å². The van der Waals surface area contributed by atoms with Crippen LogP contribution in [0.4, 0.5) is 0 Å². The van der Waals surface area contributed by atoms with Crippen molar-refractivity contribution in [2.24, 2.45) is 5.10 Å². The fourth-order valence-electron chi connectivity index (χ4n) is 1.94. The van der Waals surface area contributed by atoms with Crippen molar-refractivity contribution in [3.63, 3.8) is 0 Å². The van der Waals surface area contributed by atoms with Crippen LogP contribution < -0.4 is 10.2 Å². The second kappa shape index (κ2) is 8.54. The maximum absolute atomic E-state index is 11.9. The molecule has 4 nitrogen and oxygen atoms in total. The van der Waals surface area contributed by atoms with Crippen molar-refractivity contribution in [2.45, 2.75) is 13.3 Å². The van der Waals surface area contributed by atoms with E-state index in [0.29, 0.717) is 0 Å². The van der Waals surface area contributed by atoms with Crippen molar-refractivity contribution >= 4 is 17.7 Å². The van der Waals surface area contributed by atoms with Gasteiger partial charge in [-0.3, -0.25) is 4.79 Å². The number of benzene rings is 2. The number of ether oxygens (including phenoxy) is 1. The molecular formula is C19H20N2O2. The van der Waals surface area contributed by atoms with Gasteiger partial charge in [-0.2, -0.15) is 5.10 Å². The van der Waals surface area contributed by atoms with Crippen LogP contribution in [0.5, 0.6) is 5.75 Å². The van der Waals surface area contributed by atoms with E-state index >= 15 is 0 Å². The van der Waals surface area contributed by atoms with Crippen LogP contribution in [-0.4, -0.2) is 18.7 Å². The molecule has 0 radical (unpaired) electrons. The number of carbonyl (C=O) groups excluding carboxylic acids is 1. The predicted octanol–water partition coefficient (Wildman–Crippen LogP) is 3.44. The summed E-state index contributed by atoms with van der Waals surface area (Å²) in [4.78, 5) is 11.9. The quantitative estimate of drug-likeness (QED) is 0.656. The average Bonchev–Trinajstić information content (AvgIpc) is 2.60. The zero-order valence-electron chi connectivity index (χ0n) is 13.3. The normalized spacial score (nSPS) is 11.5. The van der Waals surface area contributed by atoms with Crippen LogP contribution in [0, 0.1) is 0 Å². The molecule has 0 fully saturated rings. The molecule has 0 spiro atoms. The molecule has 0 aliphatic rings. The van der Waals surface area contributed by atoms with E-state index in [1.807, 2.05) is 73.7 Å². The van der Waals surface area contributed by atoms with Crippen LogP contribution in [0.2, 0.25) is 0 Å². The maximum atomic E-state index is 11.9. The Bertz CT molecular complexity index is 689. The lowest BCUT2D eigenvalue weighted by Gasteiger charge is -2.03. The predicted molar refractivity (Wildman–Crippen MR) is 93.4 cm³/mol. The lowest BCUT2D eigenvalue weighted by Crippen LogP contribution is -2.20. The number of carbonyl (C=O) groups is 1. The number of methoxy groups -OCH3 is 1. The lowest BCUT2D eigenvalue weighted by atomic mass is 10.1. The summed E-state index contributed by atoms with van der Waals surface area (Å²) in [6, 6.07) is 17.3. The number of hydrazone groups is 1. The maximum Gasteiger partial charge on any atom is 0.244 e. The van der Waals surface area contributed by atoms with Gasteiger partial charge in [0.2, 0.25) is 5.91 Å². The molecule has 0 saturated carbocycles. The molecular weight excluding hydrogens is 288 g/mol. The van der Waals surface area contributed by atoms with E-state index in [0.717, 1.165) is 22.6 Å². The third kappa shape index (κ3) is 5.79. The van der Waals surface area contributed by atoms with E-state index in [1.165, 1.54) is 0 Å². The topological polar surface area (TPSA) is 50.7 Å². The first-order valence-corrected chi connectivity index (χ1v) is 7.36. The summed E-state index contributed by atoms with van der Waals surface area (Å²) in [6.45, 7) is 1.84. The molecule has 1 N–H and O–H groups in total. The monoisotopic (exact) mass is 308 g/mol. The molecule has 0 heterocycles. The Labute approximate surface area is 136 Å². The molecule has 2 aromatic carbocycles. The molecule has 23 heavy (non-hydrogen) atoms. The average molecular weight is 308 g/mol. The Hall–Kier alpha value is -2.88. The molecule has 0 atom stereocenters. The largest absolute Gasteiger partial charge is 0.497 e. The molecule has 2 aromatic rings. The second-order valence-electron chi connectivity index (χ2n) is 5.06. The van der Waals surface area contributed by atoms with E-state index in [1.54, 1.807) is 7.11 Å². The SMILES string of the molecule is COc1ccc(CC(=O)N/N=C(C)\C=C/c2ccccc2)cc1. The van der Waals surface area contributed by atoms with Crippen molar-refractivity contribution in [1.29, 1.82) is 0 Å². The number of hydrogen-bond donors (Lipinski definition) is 1. The van der Waals surface area contributed by atoms with Crippen molar-refractivity contribution in [3.05, 3.63) is 71.8 Å². The molecule has 118 valence electrons. The Kier molecular flexibility index (Phi) is 6.12. The molecule has 2 rings (SSSR count). The van der Waals surface area contributed by atoms with E-state index in [2.05, 4.69) is 10.5 Å². The summed E-state index contributed by atoms with van der Waals surface area (Å²) in [7, 11) is 1.61. The highest BCUT2D eigenvalue weighted by molar-refractivity contribution is 5.97. The number of hydrogen-bond acceptors (Lipinski definition) is 3. The van der Waals surface area contributed by atoms with Crippen LogP contribution >= 0.6 is 0 Å². The van der Waals surface area contributed by atoms with Gasteiger partial charge in [0.15, 0.2) is 0 Å². The highest BCUT2D eigenvalue weighted by atomic mass is 16.5. The summed E-state index contributed by atoms with van der Waals surface area (Å²) < 4.78 is 5.09. The minimum absolute atomic E-state index is 0.150. The Balaban J connectivity index is 1.85. The second-order valence-corrected chi connectivity index (χ2v) is 5.06. The summed E-state index contributed by atoms with van der Waals surface area (Å²) >= 11 is 0. The lowest BCUT2D eigenvalue weighted by molar-refractivity contribution is -0.120. The summed E-state index contributed by atoms with van der Waals surface area (Å²) in [5.41, 5.74) is 5.30. The van der Waals surface area contributed by atoms with Gasteiger partial charge in [-0.05, 0) is 36.3 Å². The van der Waals surface area contributed by atoms with Crippen molar-refractivity contribution in [2.75, 3.05) is 7.11 Å². The smallest absolute Gasteiger partial charge is 0.244 e. The van der Waals surface area contributed by atoms with Crippen molar-refractivity contribution in [3.8, 4) is 5.75 Å². The number of rotatable bonds is 6. The van der Waals surface area contributed by atoms with Gasteiger partial charge in [0, 0.05) is 0 Å². The minimum Gasteiger partial charge on any atom is -0.497 e. The molecule has 1 amide bonds.